The van der Waals surface area contributed by atoms with Crippen LogP contribution in [0.15, 0.2) is 59.4 Å². The van der Waals surface area contributed by atoms with Crippen LogP contribution in [-0.2, 0) is 0 Å². The zero-order valence-corrected chi connectivity index (χ0v) is 15.3. The first-order chi connectivity index (χ1) is 13.5. The first kappa shape index (κ1) is 17.5. The second-order valence-electron chi connectivity index (χ2n) is 6.24. The normalized spacial score (nSPS) is 10.8. The molecule has 0 aliphatic heterocycles. The minimum atomic E-state index is -0.389. The fraction of sp³-hybridized carbons (Fsp3) is 0.100. The van der Waals surface area contributed by atoms with Gasteiger partial charge in [0, 0.05) is 17.2 Å². The highest BCUT2D eigenvalue weighted by molar-refractivity contribution is 6.03. The lowest BCUT2D eigenvalue weighted by molar-refractivity contribution is 0.102. The maximum atomic E-state index is 12.6. The predicted molar refractivity (Wildman–Crippen MR) is 105 cm³/mol. The number of nitrogens with one attached hydrogen (secondary N) is 2. The highest BCUT2D eigenvalue weighted by Crippen LogP contribution is 2.18. The summed E-state index contributed by atoms with van der Waals surface area (Å²) in [6.07, 6.45) is 0. The molecule has 0 fully saturated rings. The van der Waals surface area contributed by atoms with Gasteiger partial charge >= 0.3 is 0 Å². The van der Waals surface area contributed by atoms with E-state index in [1.165, 1.54) is 10.6 Å². The van der Waals surface area contributed by atoms with Crippen molar-refractivity contribution in [1.82, 2.24) is 19.6 Å². The number of H-pyrrole nitrogens is 1. The Morgan fingerprint density at radius 2 is 1.82 bits per heavy atom. The summed E-state index contributed by atoms with van der Waals surface area (Å²) in [7, 11) is 1.55. The first-order valence-corrected chi connectivity index (χ1v) is 8.56. The SMILES string of the molecule is COc1ccc(C(=O)Nc2cc(=O)[nH]c3nc(-c4ccc(C)cc4)nn23)cc1. The van der Waals surface area contributed by atoms with Crippen molar-refractivity contribution >= 4 is 17.5 Å². The van der Waals surface area contributed by atoms with Gasteiger partial charge in [0.1, 0.15) is 11.6 Å². The van der Waals surface area contributed by atoms with Crippen molar-refractivity contribution < 1.29 is 9.53 Å². The highest BCUT2D eigenvalue weighted by Gasteiger charge is 2.14. The summed E-state index contributed by atoms with van der Waals surface area (Å²) in [5.74, 6) is 1.19. The molecule has 2 aromatic carbocycles. The topological polar surface area (TPSA) is 101 Å². The van der Waals surface area contributed by atoms with E-state index in [0.717, 1.165) is 11.1 Å². The van der Waals surface area contributed by atoms with Crippen molar-refractivity contribution in [3.05, 3.63) is 76.1 Å². The number of methoxy groups -OCH3 is 1. The molecule has 0 aliphatic rings. The van der Waals surface area contributed by atoms with Crippen molar-refractivity contribution in [3.8, 4) is 17.1 Å². The van der Waals surface area contributed by atoms with Crippen LogP contribution in [0.3, 0.4) is 0 Å². The monoisotopic (exact) mass is 375 g/mol. The lowest BCUT2D eigenvalue weighted by atomic mass is 10.1. The van der Waals surface area contributed by atoms with Gasteiger partial charge in [0.05, 0.1) is 7.11 Å². The van der Waals surface area contributed by atoms with Crippen molar-refractivity contribution in [2.24, 2.45) is 0 Å². The van der Waals surface area contributed by atoms with Gasteiger partial charge in [-0.05, 0) is 31.2 Å². The molecule has 0 spiro atoms. The summed E-state index contributed by atoms with van der Waals surface area (Å²) in [6.45, 7) is 1.99. The number of aryl methyl sites for hydroxylation is 1. The third-order valence-corrected chi connectivity index (χ3v) is 4.24. The van der Waals surface area contributed by atoms with E-state index in [2.05, 4.69) is 20.4 Å². The third kappa shape index (κ3) is 3.35. The average molecular weight is 375 g/mol. The second kappa shape index (κ2) is 6.99. The molecule has 0 radical (unpaired) electrons. The number of rotatable bonds is 4. The molecule has 0 unspecified atom stereocenters. The Bertz CT molecular complexity index is 1210. The van der Waals surface area contributed by atoms with Crippen LogP contribution in [0.25, 0.3) is 17.2 Å². The molecule has 4 aromatic rings. The number of nitrogens with zero attached hydrogens (tertiary/aromatic N) is 3. The summed E-state index contributed by atoms with van der Waals surface area (Å²) in [6, 6.07) is 15.6. The average Bonchev–Trinajstić information content (AvgIpc) is 3.12. The Labute approximate surface area is 159 Å². The highest BCUT2D eigenvalue weighted by atomic mass is 16.5. The van der Waals surface area contributed by atoms with Crippen molar-refractivity contribution in [1.29, 1.82) is 0 Å². The number of aromatic nitrogens is 4. The number of fused-ring (bicyclic) bond motifs is 1. The van der Waals surface area contributed by atoms with Crippen molar-refractivity contribution in [2.75, 3.05) is 12.4 Å². The van der Waals surface area contributed by atoms with Crippen LogP contribution in [-0.4, -0.2) is 32.6 Å². The van der Waals surface area contributed by atoms with Crippen LogP contribution in [0.2, 0.25) is 0 Å². The van der Waals surface area contributed by atoms with Crippen molar-refractivity contribution in [2.45, 2.75) is 6.92 Å². The molecule has 8 heteroatoms. The van der Waals surface area contributed by atoms with E-state index in [1.54, 1.807) is 31.4 Å². The second-order valence-corrected chi connectivity index (χ2v) is 6.24. The van der Waals surface area contributed by atoms with Gasteiger partial charge in [-0.25, -0.2) is 0 Å². The number of benzene rings is 2. The number of hydrogen-bond donors (Lipinski definition) is 2. The Morgan fingerprint density at radius 3 is 2.50 bits per heavy atom. The molecule has 28 heavy (non-hydrogen) atoms. The molecule has 2 N–H and O–H groups in total. The number of hydrogen-bond acceptors (Lipinski definition) is 5. The molecule has 0 bridgehead atoms. The first-order valence-electron chi connectivity index (χ1n) is 8.56. The molecule has 0 saturated carbocycles. The van der Waals surface area contributed by atoms with E-state index >= 15 is 0 Å². The summed E-state index contributed by atoms with van der Waals surface area (Å²) in [4.78, 5) is 31.5. The van der Waals surface area contributed by atoms with E-state index < -0.39 is 0 Å². The number of aromatic amines is 1. The van der Waals surface area contributed by atoms with Gasteiger partial charge in [-0.3, -0.25) is 14.6 Å². The lowest BCUT2D eigenvalue weighted by Gasteiger charge is -2.07. The largest absolute Gasteiger partial charge is 0.497 e. The third-order valence-electron chi connectivity index (χ3n) is 4.24. The predicted octanol–water partition coefficient (Wildman–Crippen LogP) is 2.65. The minimum Gasteiger partial charge on any atom is -0.497 e. The fourth-order valence-corrected chi connectivity index (χ4v) is 2.74. The van der Waals surface area contributed by atoms with Gasteiger partial charge in [0.15, 0.2) is 5.82 Å². The maximum Gasteiger partial charge on any atom is 0.256 e. The van der Waals surface area contributed by atoms with Gasteiger partial charge in [0.25, 0.3) is 11.5 Å². The maximum absolute atomic E-state index is 12.6. The molecule has 1 amide bonds. The molecule has 0 saturated heterocycles. The van der Waals surface area contributed by atoms with Crippen LogP contribution in [0, 0.1) is 6.92 Å². The number of amides is 1. The Morgan fingerprint density at radius 1 is 1.11 bits per heavy atom. The summed E-state index contributed by atoms with van der Waals surface area (Å²) >= 11 is 0. The minimum absolute atomic E-state index is 0.227. The molecule has 2 aromatic heterocycles. The molecular formula is C20H17N5O3. The smallest absolute Gasteiger partial charge is 0.256 e. The summed E-state index contributed by atoms with van der Waals surface area (Å²) < 4.78 is 6.49. The quantitative estimate of drug-likeness (QED) is 0.571. The number of carbonyl (C=O) groups excluding carboxylic acids is 1. The van der Waals surface area contributed by atoms with Gasteiger partial charge < -0.3 is 10.1 Å². The molecule has 0 aliphatic carbocycles. The molecule has 140 valence electrons. The van der Waals surface area contributed by atoms with Gasteiger partial charge in [-0.2, -0.15) is 9.50 Å². The van der Waals surface area contributed by atoms with Crippen LogP contribution < -0.4 is 15.6 Å². The lowest BCUT2D eigenvalue weighted by Crippen LogP contribution is -2.18. The molecular weight excluding hydrogens is 358 g/mol. The summed E-state index contributed by atoms with van der Waals surface area (Å²) in [5, 5.41) is 7.14. The molecule has 8 nitrogen and oxygen atoms in total. The zero-order chi connectivity index (χ0) is 19.7. The van der Waals surface area contributed by atoms with E-state index in [1.807, 2.05) is 31.2 Å². The Hall–Kier alpha value is -3.94. The zero-order valence-electron chi connectivity index (χ0n) is 15.3. The Balaban J connectivity index is 1.70. The Kier molecular flexibility index (Phi) is 4.36. The van der Waals surface area contributed by atoms with Crippen LogP contribution in [0.1, 0.15) is 15.9 Å². The molecule has 0 atom stereocenters. The van der Waals surface area contributed by atoms with E-state index in [0.29, 0.717) is 17.1 Å². The standard InChI is InChI=1S/C20H17N5O3/c1-12-3-5-13(6-4-12)18-23-20-22-17(26)11-16(25(20)24-18)21-19(27)14-7-9-15(28-2)10-8-14/h3-11H,1-2H3,(H,21,27)(H,22,23,24,26). The number of carbonyl (C=O) groups is 1. The van der Waals surface area contributed by atoms with E-state index in [9.17, 15) is 9.59 Å². The molecule has 2 heterocycles. The summed E-state index contributed by atoms with van der Waals surface area (Å²) in [5.41, 5.74) is 1.96. The van der Waals surface area contributed by atoms with E-state index in [4.69, 9.17) is 4.74 Å². The van der Waals surface area contributed by atoms with E-state index in [-0.39, 0.29) is 23.1 Å². The van der Waals surface area contributed by atoms with Gasteiger partial charge in [0.2, 0.25) is 5.78 Å². The van der Waals surface area contributed by atoms with Crippen LogP contribution >= 0.6 is 0 Å². The van der Waals surface area contributed by atoms with Gasteiger partial charge in [-0.1, -0.05) is 29.8 Å². The number of anilines is 1. The fourth-order valence-electron chi connectivity index (χ4n) is 2.74. The number of ether oxygens (including phenoxy) is 1. The van der Waals surface area contributed by atoms with Crippen LogP contribution in [0.4, 0.5) is 5.82 Å². The van der Waals surface area contributed by atoms with Crippen LogP contribution in [0.5, 0.6) is 5.75 Å². The van der Waals surface area contributed by atoms with Crippen molar-refractivity contribution in [3.63, 3.8) is 0 Å². The molecule has 4 rings (SSSR count). The van der Waals surface area contributed by atoms with Gasteiger partial charge in [-0.15, -0.1) is 5.10 Å².